The van der Waals surface area contributed by atoms with E-state index in [1.165, 1.54) is 47.0 Å². The normalized spacial score (nSPS) is 23.4. The van der Waals surface area contributed by atoms with Crippen molar-refractivity contribution in [3.05, 3.63) is 53.5 Å². The minimum absolute atomic E-state index is 0.161. The second kappa shape index (κ2) is 5.56. The van der Waals surface area contributed by atoms with Crippen LogP contribution in [0.2, 0.25) is 0 Å². The van der Waals surface area contributed by atoms with Crippen molar-refractivity contribution in [2.75, 3.05) is 18.8 Å². The SMILES string of the molecule is Nc1ncc2c(n1)C1(CCCN(Cc3cccc4cc[nH]c34)C1)CC2. The molecule has 3 heterocycles. The molecule has 1 atom stereocenters. The molecule has 25 heavy (non-hydrogen) atoms. The van der Waals surface area contributed by atoms with Crippen LogP contribution in [-0.4, -0.2) is 32.9 Å². The van der Waals surface area contributed by atoms with Crippen LogP contribution >= 0.6 is 0 Å². The number of aryl methyl sites for hydroxylation is 1. The number of hydrogen-bond acceptors (Lipinski definition) is 4. The number of nitrogen functional groups attached to an aromatic ring is 1. The van der Waals surface area contributed by atoms with Crippen molar-refractivity contribution in [1.29, 1.82) is 0 Å². The van der Waals surface area contributed by atoms with Crippen molar-refractivity contribution in [1.82, 2.24) is 19.9 Å². The molecule has 1 fully saturated rings. The Morgan fingerprint density at radius 3 is 3.16 bits per heavy atom. The number of H-pyrrole nitrogens is 1. The van der Waals surface area contributed by atoms with Crippen LogP contribution in [0.15, 0.2) is 36.7 Å². The van der Waals surface area contributed by atoms with Gasteiger partial charge in [-0.2, -0.15) is 0 Å². The van der Waals surface area contributed by atoms with Crippen molar-refractivity contribution in [3.63, 3.8) is 0 Å². The third kappa shape index (κ3) is 2.42. The maximum Gasteiger partial charge on any atom is 0.220 e. The number of anilines is 1. The van der Waals surface area contributed by atoms with Gasteiger partial charge >= 0.3 is 0 Å². The van der Waals surface area contributed by atoms with Gasteiger partial charge < -0.3 is 10.7 Å². The number of aromatic amines is 1. The maximum absolute atomic E-state index is 5.89. The molecule has 128 valence electrons. The van der Waals surface area contributed by atoms with Gasteiger partial charge in [-0.3, -0.25) is 4.90 Å². The number of hydrogen-bond donors (Lipinski definition) is 2. The third-order valence-corrected chi connectivity index (χ3v) is 5.98. The number of rotatable bonds is 2. The van der Waals surface area contributed by atoms with Gasteiger partial charge in [-0.05, 0) is 54.8 Å². The molecule has 3 aromatic rings. The van der Waals surface area contributed by atoms with Crippen LogP contribution in [0, 0.1) is 0 Å². The van der Waals surface area contributed by atoms with Gasteiger partial charge in [0.1, 0.15) is 0 Å². The van der Waals surface area contributed by atoms with E-state index in [2.05, 4.69) is 44.1 Å². The molecule has 0 bridgehead atoms. The molecule has 1 spiro atoms. The van der Waals surface area contributed by atoms with Crippen LogP contribution in [0.1, 0.15) is 36.1 Å². The van der Waals surface area contributed by atoms with Crippen LogP contribution in [0.5, 0.6) is 0 Å². The Balaban J connectivity index is 1.44. The molecule has 1 aliphatic heterocycles. The lowest BCUT2D eigenvalue weighted by Gasteiger charge is -2.40. The van der Waals surface area contributed by atoms with Crippen molar-refractivity contribution in [2.24, 2.45) is 0 Å². The first-order valence-electron chi connectivity index (χ1n) is 9.13. The maximum atomic E-state index is 5.89. The average Bonchev–Trinajstić information content (AvgIpc) is 3.22. The van der Waals surface area contributed by atoms with Gasteiger partial charge in [-0.1, -0.05) is 18.2 Å². The summed E-state index contributed by atoms with van der Waals surface area (Å²) in [5, 5.41) is 1.29. The molecular weight excluding hydrogens is 310 g/mol. The van der Waals surface area contributed by atoms with Gasteiger partial charge in [0.25, 0.3) is 0 Å². The second-order valence-corrected chi connectivity index (χ2v) is 7.56. The van der Waals surface area contributed by atoms with E-state index >= 15 is 0 Å². The minimum atomic E-state index is 0.161. The van der Waals surface area contributed by atoms with E-state index in [0.717, 1.165) is 26.1 Å². The quantitative estimate of drug-likeness (QED) is 0.756. The van der Waals surface area contributed by atoms with Gasteiger partial charge in [0.2, 0.25) is 5.95 Å². The van der Waals surface area contributed by atoms with Gasteiger partial charge in [0, 0.05) is 36.4 Å². The largest absolute Gasteiger partial charge is 0.368 e. The highest BCUT2D eigenvalue weighted by Crippen LogP contribution is 2.44. The zero-order valence-corrected chi connectivity index (χ0v) is 14.3. The van der Waals surface area contributed by atoms with Gasteiger partial charge in [-0.15, -0.1) is 0 Å². The fourth-order valence-electron chi connectivity index (χ4n) is 4.84. The molecule has 2 aromatic heterocycles. The van der Waals surface area contributed by atoms with Gasteiger partial charge in [0.15, 0.2) is 0 Å². The topological polar surface area (TPSA) is 70.8 Å². The predicted octanol–water partition coefficient (Wildman–Crippen LogP) is 3.02. The summed E-state index contributed by atoms with van der Waals surface area (Å²) in [5.41, 5.74) is 11.2. The zero-order chi connectivity index (χ0) is 16.9. The highest BCUT2D eigenvalue weighted by Gasteiger charge is 2.43. The summed E-state index contributed by atoms with van der Waals surface area (Å²) >= 11 is 0. The minimum Gasteiger partial charge on any atom is -0.368 e. The summed E-state index contributed by atoms with van der Waals surface area (Å²) in [6, 6.07) is 8.70. The van der Waals surface area contributed by atoms with Gasteiger partial charge in [-0.25, -0.2) is 9.97 Å². The van der Waals surface area contributed by atoms with E-state index in [9.17, 15) is 0 Å². The van der Waals surface area contributed by atoms with E-state index in [1.807, 2.05) is 12.4 Å². The molecule has 5 heteroatoms. The third-order valence-electron chi connectivity index (χ3n) is 5.98. The van der Waals surface area contributed by atoms with Crippen LogP contribution in [0.25, 0.3) is 10.9 Å². The summed E-state index contributed by atoms with van der Waals surface area (Å²) in [6.07, 6.45) is 8.63. The molecule has 1 aromatic carbocycles. The summed E-state index contributed by atoms with van der Waals surface area (Å²) in [5.74, 6) is 0.410. The molecule has 1 saturated heterocycles. The molecule has 3 N–H and O–H groups in total. The summed E-state index contributed by atoms with van der Waals surface area (Å²) < 4.78 is 0. The molecule has 0 amide bonds. The number of fused-ring (bicyclic) bond motifs is 3. The molecule has 1 unspecified atom stereocenters. The summed E-state index contributed by atoms with van der Waals surface area (Å²) in [6.45, 7) is 3.19. The lowest BCUT2D eigenvalue weighted by Crippen LogP contribution is -2.45. The lowest BCUT2D eigenvalue weighted by molar-refractivity contribution is 0.137. The molecule has 2 aliphatic rings. The molecule has 5 nitrogen and oxygen atoms in total. The smallest absolute Gasteiger partial charge is 0.220 e. The Kier molecular flexibility index (Phi) is 3.31. The van der Waals surface area contributed by atoms with E-state index < -0.39 is 0 Å². The Labute approximate surface area is 147 Å². The first kappa shape index (κ1) is 14.9. The highest BCUT2D eigenvalue weighted by atomic mass is 15.1. The highest BCUT2D eigenvalue weighted by molar-refractivity contribution is 5.82. The number of para-hydroxylation sites is 1. The fraction of sp³-hybridized carbons (Fsp3) is 0.400. The van der Waals surface area contributed by atoms with Crippen molar-refractivity contribution >= 4 is 16.9 Å². The number of nitrogens with zero attached hydrogens (tertiary/aromatic N) is 3. The van der Waals surface area contributed by atoms with E-state index in [1.54, 1.807) is 0 Å². The Hall–Kier alpha value is -2.40. The van der Waals surface area contributed by atoms with Crippen LogP contribution < -0.4 is 5.73 Å². The van der Waals surface area contributed by atoms with Crippen molar-refractivity contribution < 1.29 is 0 Å². The Morgan fingerprint density at radius 1 is 1.24 bits per heavy atom. The van der Waals surface area contributed by atoms with E-state index in [0.29, 0.717) is 5.95 Å². The monoisotopic (exact) mass is 333 g/mol. The molecule has 5 rings (SSSR count). The van der Waals surface area contributed by atoms with E-state index in [4.69, 9.17) is 5.73 Å². The van der Waals surface area contributed by atoms with E-state index in [-0.39, 0.29) is 5.41 Å². The molecule has 0 saturated carbocycles. The Bertz CT molecular complexity index is 927. The Morgan fingerprint density at radius 2 is 2.20 bits per heavy atom. The first-order chi connectivity index (χ1) is 12.2. The molecule has 1 aliphatic carbocycles. The number of nitrogens with two attached hydrogens (primary N) is 1. The number of aromatic nitrogens is 3. The van der Waals surface area contributed by atoms with Crippen molar-refractivity contribution in [3.8, 4) is 0 Å². The van der Waals surface area contributed by atoms with Crippen LogP contribution in [0.4, 0.5) is 5.95 Å². The van der Waals surface area contributed by atoms with Gasteiger partial charge in [0.05, 0.1) is 5.69 Å². The van der Waals surface area contributed by atoms with Crippen LogP contribution in [0.3, 0.4) is 0 Å². The average molecular weight is 333 g/mol. The molecule has 0 radical (unpaired) electrons. The standard InChI is InChI=1S/C20H23N5/c21-19-23-11-15-5-8-20(18(15)24-19)7-2-10-25(13-20)12-16-4-1-3-14-6-9-22-17(14)16/h1,3-4,6,9,11,22H,2,5,7-8,10,12-13H2,(H2,21,23,24). The zero-order valence-electron chi connectivity index (χ0n) is 14.3. The van der Waals surface area contributed by atoms with Crippen molar-refractivity contribution in [2.45, 2.75) is 37.6 Å². The first-order valence-corrected chi connectivity index (χ1v) is 9.13. The molecular formula is C20H23N5. The summed E-state index contributed by atoms with van der Waals surface area (Å²) in [4.78, 5) is 14.8. The summed E-state index contributed by atoms with van der Waals surface area (Å²) in [7, 11) is 0. The predicted molar refractivity (Wildman–Crippen MR) is 99.3 cm³/mol. The lowest BCUT2D eigenvalue weighted by atomic mass is 9.77. The number of likely N-dealkylation sites (tertiary alicyclic amines) is 1. The number of nitrogens with one attached hydrogen (secondary N) is 1. The number of benzene rings is 1. The second-order valence-electron chi connectivity index (χ2n) is 7.56. The number of piperidine rings is 1. The van der Waals surface area contributed by atoms with Crippen LogP contribution in [-0.2, 0) is 18.4 Å². The fourth-order valence-corrected chi connectivity index (χ4v) is 4.84.